The number of nitrogens with zero attached hydrogens (tertiary/aromatic N) is 2. The Morgan fingerprint density at radius 3 is 2.67 bits per heavy atom. The standard InChI is InChI=1S/C14H26N4O2.ClH/c1-15-5-2-12-3-7-17(8-4-12)11-14(20)18-9-6-16-13(19)10-18;/h12,15H,2-11H2,1H3,(H,16,19);1H. The normalized spacial score (nSPS) is 20.8. The van der Waals surface area contributed by atoms with Crippen LogP contribution in [0.25, 0.3) is 0 Å². The van der Waals surface area contributed by atoms with E-state index in [2.05, 4.69) is 15.5 Å². The van der Waals surface area contributed by atoms with Crippen LogP contribution in [0.15, 0.2) is 0 Å². The first-order valence-electron chi connectivity index (χ1n) is 7.60. The van der Waals surface area contributed by atoms with E-state index in [1.54, 1.807) is 4.90 Å². The quantitative estimate of drug-likeness (QED) is 0.730. The molecule has 122 valence electrons. The first-order valence-corrected chi connectivity index (χ1v) is 7.60. The van der Waals surface area contributed by atoms with Crippen LogP contribution in [0, 0.1) is 5.92 Å². The maximum atomic E-state index is 12.2. The van der Waals surface area contributed by atoms with Crippen LogP contribution in [-0.4, -0.2) is 74.5 Å². The van der Waals surface area contributed by atoms with Crippen LogP contribution in [0.5, 0.6) is 0 Å². The Morgan fingerprint density at radius 2 is 2.05 bits per heavy atom. The molecule has 0 aromatic rings. The van der Waals surface area contributed by atoms with E-state index in [9.17, 15) is 9.59 Å². The van der Waals surface area contributed by atoms with Crippen LogP contribution in [0.1, 0.15) is 19.3 Å². The summed E-state index contributed by atoms with van der Waals surface area (Å²) < 4.78 is 0. The van der Waals surface area contributed by atoms with Crippen LogP contribution in [0.2, 0.25) is 0 Å². The van der Waals surface area contributed by atoms with Crippen molar-refractivity contribution in [3.05, 3.63) is 0 Å². The second-order valence-electron chi connectivity index (χ2n) is 5.78. The molecule has 6 nitrogen and oxygen atoms in total. The minimum absolute atomic E-state index is 0. The number of amides is 2. The number of likely N-dealkylation sites (tertiary alicyclic amines) is 1. The van der Waals surface area contributed by atoms with Crippen molar-refractivity contribution in [2.45, 2.75) is 19.3 Å². The molecule has 2 aliphatic heterocycles. The van der Waals surface area contributed by atoms with Crippen LogP contribution in [0.4, 0.5) is 0 Å². The fourth-order valence-electron chi connectivity index (χ4n) is 2.92. The van der Waals surface area contributed by atoms with Crippen molar-refractivity contribution in [3.63, 3.8) is 0 Å². The Balaban J connectivity index is 0.00000220. The summed E-state index contributed by atoms with van der Waals surface area (Å²) in [5.74, 6) is 0.832. The van der Waals surface area contributed by atoms with E-state index in [4.69, 9.17) is 0 Å². The van der Waals surface area contributed by atoms with Crippen molar-refractivity contribution in [3.8, 4) is 0 Å². The van der Waals surface area contributed by atoms with Crippen molar-refractivity contribution in [2.24, 2.45) is 5.92 Å². The molecule has 7 heteroatoms. The van der Waals surface area contributed by atoms with Gasteiger partial charge in [-0.05, 0) is 51.9 Å². The zero-order valence-electron chi connectivity index (χ0n) is 12.8. The summed E-state index contributed by atoms with van der Waals surface area (Å²) in [5, 5.41) is 5.94. The van der Waals surface area contributed by atoms with E-state index in [-0.39, 0.29) is 30.8 Å². The van der Waals surface area contributed by atoms with Crippen LogP contribution >= 0.6 is 12.4 Å². The minimum Gasteiger partial charge on any atom is -0.353 e. The van der Waals surface area contributed by atoms with E-state index < -0.39 is 0 Å². The van der Waals surface area contributed by atoms with Gasteiger partial charge in [-0.25, -0.2) is 0 Å². The van der Waals surface area contributed by atoms with Gasteiger partial charge in [0.2, 0.25) is 11.8 Å². The molecule has 2 N–H and O–H groups in total. The maximum absolute atomic E-state index is 12.2. The highest BCUT2D eigenvalue weighted by molar-refractivity contribution is 5.86. The lowest BCUT2D eigenvalue weighted by molar-refractivity contribution is -0.139. The molecule has 0 saturated carbocycles. The molecule has 0 unspecified atom stereocenters. The number of piperazine rings is 1. The predicted molar refractivity (Wildman–Crippen MR) is 84.5 cm³/mol. The van der Waals surface area contributed by atoms with Gasteiger partial charge in [-0.15, -0.1) is 12.4 Å². The maximum Gasteiger partial charge on any atom is 0.239 e. The molecular weight excluding hydrogens is 292 g/mol. The second-order valence-corrected chi connectivity index (χ2v) is 5.78. The Kier molecular flexibility index (Phi) is 8.00. The molecule has 2 fully saturated rings. The molecule has 2 saturated heterocycles. The summed E-state index contributed by atoms with van der Waals surface area (Å²) in [6.45, 7) is 4.98. The number of carbonyl (C=O) groups is 2. The first kappa shape index (κ1) is 18.2. The molecule has 0 radical (unpaired) electrons. The Bertz CT molecular complexity index is 346. The van der Waals surface area contributed by atoms with Gasteiger partial charge in [-0.3, -0.25) is 14.5 Å². The zero-order chi connectivity index (χ0) is 14.4. The summed E-state index contributed by atoms with van der Waals surface area (Å²) in [6, 6.07) is 0. The van der Waals surface area contributed by atoms with Crippen LogP contribution in [-0.2, 0) is 9.59 Å². The highest BCUT2D eigenvalue weighted by Crippen LogP contribution is 2.19. The lowest BCUT2D eigenvalue weighted by Gasteiger charge is -2.34. The third kappa shape index (κ3) is 5.80. The van der Waals surface area contributed by atoms with Gasteiger partial charge in [-0.2, -0.15) is 0 Å². The largest absolute Gasteiger partial charge is 0.353 e. The first-order chi connectivity index (χ1) is 9.69. The van der Waals surface area contributed by atoms with Gasteiger partial charge in [0, 0.05) is 13.1 Å². The van der Waals surface area contributed by atoms with Crippen molar-refractivity contribution in [2.75, 3.05) is 52.9 Å². The van der Waals surface area contributed by atoms with Crippen molar-refractivity contribution < 1.29 is 9.59 Å². The summed E-state index contributed by atoms with van der Waals surface area (Å²) in [5.41, 5.74) is 0. The SMILES string of the molecule is CNCCC1CCN(CC(=O)N2CCNC(=O)C2)CC1.Cl. The molecule has 0 aromatic carbocycles. The molecule has 0 atom stereocenters. The predicted octanol–water partition coefficient (Wildman–Crippen LogP) is -0.312. The highest BCUT2D eigenvalue weighted by Gasteiger charge is 2.25. The van der Waals surface area contributed by atoms with Gasteiger partial charge in [-0.1, -0.05) is 0 Å². The topological polar surface area (TPSA) is 64.7 Å². The van der Waals surface area contributed by atoms with Gasteiger partial charge in [0.15, 0.2) is 0 Å². The van der Waals surface area contributed by atoms with E-state index >= 15 is 0 Å². The van der Waals surface area contributed by atoms with Crippen molar-refractivity contribution in [1.29, 1.82) is 0 Å². The van der Waals surface area contributed by atoms with Crippen molar-refractivity contribution in [1.82, 2.24) is 20.4 Å². The summed E-state index contributed by atoms with van der Waals surface area (Å²) in [6.07, 6.45) is 3.58. The molecule has 0 aromatic heterocycles. The Labute approximate surface area is 133 Å². The lowest BCUT2D eigenvalue weighted by Crippen LogP contribution is -2.52. The fourth-order valence-corrected chi connectivity index (χ4v) is 2.92. The van der Waals surface area contributed by atoms with Gasteiger partial charge >= 0.3 is 0 Å². The number of hydrogen-bond acceptors (Lipinski definition) is 4. The second kappa shape index (κ2) is 9.23. The Hall–Kier alpha value is -0.850. The minimum atomic E-state index is -0.0460. The summed E-state index contributed by atoms with van der Waals surface area (Å²) in [7, 11) is 1.99. The molecule has 0 spiro atoms. The summed E-state index contributed by atoms with van der Waals surface area (Å²) in [4.78, 5) is 27.3. The molecule has 21 heavy (non-hydrogen) atoms. The third-order valence-electron chi connectivity index (χ3n) is 4.26. The fraction of sp³-hybridized carbons (Fsp3) is 0.857. The van der Waals surface area contributed by atoms with E-state index in [0.717, 1.165) is 25.6 Å². The van der Waals surface area contributed by atoms with Gasteiger partial charge < -0.3 is 15.5 Å². The van der Waals surface area contributed by atoms with Crippen LogP contribution < -0.4 is 10.6 Å². The average Bonchev–Trinajstić information content (AvgIpc) is 2.46. The smallest absolute Gasteiger partial charge is 0.239 e. The highest BCUT2D eigenvalue weighted by atomic mass is 35.5. The molecule has 2 rings (SSSR count). The zero-order valence-corrected chi connectivity index (χ0v) is 13.6. The molecule has 2 amide bonds. The van der Waals surface area contributed by atoms with E-state index in [1.807, 2.05) is 7.05 Å². The number of piperidine rings is 1. The monoisotopic (exact) mass is 318 g/mol. The molecule has 0 aliphatic carbocycles. The van der Waals surface area contributed by atoms with E-state index in [1.165, 1.54) is 19.3 Å². The van der Waals surface area contributed by atoms with Gasteiger partial charge in [0.05, 0.1) is 13.1 Å². The number of rotatable bonds is 5. The van der Waals surface area contributed by atoms with Crippen molar-refractivity contribution >= 4 is 24.2 Å². The number of hydrogen-bond donors (Lipinski definition) is 2. The number of carbonyl (C=O) groups excluding carboxylic acids is 2. The van der Waals surface area contributed by atoms with Crippen LogP contribution in [0.3, 0.4) is 0 Å². The number of nitrogens with one attached hydrogen (secondary N) is 2. The lowest BCUT2D eigenvalue weighted by atomic mass is 9.93. The third-order valence-corrected chi connectivity index (χ3v) is 4.26. The van der Waals surface area contributed by atoms with Gasteiger partial charge in [0.25, 0.3) is 0 Å². The summed E-state index contributed by atoms with van der Waals surface area (Å²) >= 11 is 0. The van der Waals surface area contributed by atoms with Gasteiger partial charge in [0.1, 0.15) is 0 Å². The molecule has 2 heterocycles. The molecule has 0 bridgehead atoms. The molecule has 2 aliphatic rings. The Morgan fingerprint density at radius 1 is 1.33 bits per heavy atom. The number of halogens is 1. The molecular formula is C14H27ClN4O2. The average molecular weight is 319 g/mol. The van der Waals surface area contributed by atoms with E-state index in [0.29, 0.717) is 19.6 Å².